The van der Waals surface area contributed by atoms with Crippen molar-refractivity contribution in [2.45, 2.75) is 11.4 Å². The highest BCUT2D eigenvalue weighted by Gasteiger charge is 2.17. The smallest absolute Gasteiger partial charge is 0.270 e. The number of nitrogens with zero attached hydrogens (tertiary/aromatic N) is 2. The zero-order chi connectivity index (χ0) is 20.6. The van der Waals surface area contributed by atoms with Gasteiger partial charge < -0.3 is 10.6 Å². The average Bonchev–Trinajstić information content (AvgIpc) is 2.67. The first-order valence-corrected chi connectivity index (χ1v) is 10.1. The largest absolute Gasteiger partial charge is 0.355 e. The number of sulfonamides is 1. The van der Waals surface area contributed by atoms with Gasteiger partial charge in [0.15, 0.2) is 5.96 Å². The topological polar surface area (TPSA) is 126 Å². The molecule has 0 aliphatic carbocycles. The Hall–Kier alpha value is -2.69. The van der Waals surface area contributed by atoms with Crippen molar-refractivity contribution in [3.63, 3.8) is 0 Å². The number of nitrogens with one attached hydrogen (secondary N) is 3. The maximum absolute atomic E-state index is 12.2. The lowest BCUT2D eigenvalue weighted by molar-refractivity contribution is -0.385. The second-order valence-corrected chi connectivity index (χ2v) is 7.84. The van der Waals surface area contributed by atoms with E-state index in [1.165, 1.54) is 18.2 Å². The van der Waals surface area contributed by atoms with Gasteiger partial charge in [-0.2, -0.15) is 0 Å². The van der Waals surface area contributed by atoms with Crippen LogP contribution in [-0.4, -0.2) is 39.4 Å². The summed E-state index contributed by atoms with van der Waals surface area (Å²) >= 11 is 5.94. The van der Waals surface area contributed by atoms with Gasteiger partial charge in [0.25, 0.3) is 5.69 Å². The summed E-state index contributed by atoms with van der Waals surface area (Å²) in [5.41, 5.74) is 0.688. The Morgan fingerprint density at radius 1 is 1.14 bits per heavy atom. The van der Waals surface area contributed by atoms with Crippen molar-refractivity contribution in [3.05, 3.63) is 69.2 Å². The lowest BCUT2D eigenvalue weighted by Crippen LogP contribution is -2.41. The van der Waals surface area contributed by atoms with Gasteiger partial charge in [-0.25, -0.2) is 13.1 Å². The molecule has 150 valence electrons. The van der Waals surface area contributed by atoms with Crippen molar-refractivity contribution in [3.8, 4) is 0 Å². The van der Waals surface area contributed by atoms with Crippen molar-refractivity contribution in [2.24, 2.45) is 4.99 Å². The van der Waals surface area contributed by atoms with Crippen molar-refractivity contribution in [2.75, 3.05) is 20.1 Å². The van der Waals surface area contributed by atoms with Gasteiger partial charge in [0.05, 0.1) is 9.82 Å². The third kappa shape index (κ3) is 6.48. The van der Waals surface area contributed by atoms with E-state index in [0.717, 1.165) is 11.6 Å². The molecule has 0 heterocycles. The molecule has 2 aromatic carbocycles. The summed E-state index contributed by atoms with van der Waals surface area (Å²) in [6, 6.07) is 12.2. The van der Waals surface area contributed by atoms with Crippen LogP contribution in [0, 0.1) is 10.1 Å². The van der Waals surface area contributed by atoms with E-state index < -0.39 is 14.9 Å². The quantitative estimate of drug-likeness (QED) is 0.195. The zero-order valence-electron chi connectivity index (χ0n) is 15.1. The molecule has 3 N–H and O–H groups in total. The van der Waals surface area contributed by atoms with Crippen LogP contribution in [0.4, 0.5) is 5.69 Å². The average molecular weight is 426 g/mol. The maximum atomic E-state index is 12.2. The summed E-state index contributed by atoms with van der Waals surface area (Å²) in [5, 5.41) is 17.5. The minimum atomic E-state index is -3.85. The highest BCUT2D eigenvalue weighted by Crippen LogP contribution is 2.16. The van der Waals surface area contributed by atoms with Crippen LogP contribution >= 0.6 is 11.6 Å². The molecule has 0 amide bonds. The molecule has 2 aromatic rings. The van der Waals surface area contributed by atoms with E-state index in [9.17, 15) is 18.5 Å². The maximum Gasteiger partial charge on any atom is 0.270 e. The predicted molar refractivity (Wildman–Crippen MR) is 108 cm³/mol. The van der Waals surface area contributed by atoms with Crippen molar-refractivity contribution in [1.82, 2.24) is 15.4 Å². The number of benzene rings is 2. The van der Waals surface area contributed by atoms with Gasteiger partial charge in [-0.1, -0.05) is 29.8 Å². The molecule has 0 saturated carbocycles. The molecule has 0 aliphatic rings. The van der Waals surface area contributed by atoms with Crippen LogP contribution in [0.5, 0.6) is 0 Å². The Morgan fingerprint density at radius 3 is 2.57 bits per heavy atom. The predicted octanol–water partition coefficient (Wildman–Crippen LogP) is 1.89. The number of rotatable bonds is 8. The molecule has 0 saturated heterocycles. The van der Waals surface area contributed by atoms with Gasteiger partial charge in [0, 0.05) is 43.8 Å². The molecule has 2 rings (SSSR count). The van der Waals surface area contributed by atoms with Crippen LogP contribution in [0.2, 0.25) is 5.02 Å². The van der Waals surface area contributed by atoms with E-state index >= 15 is 0 Å². The van der Waals surface area contributed by atoms with Gasteiger partial charge in [0.2, 0.25) is 10.0 Å². The first-order valence-electron chi connectivity index (χ1n) is 8.25. The first kappa shape index (κ1) is 21.6. The van der Waals surface area contributed by atoms with Gasteiger partial charge in [-0.05, 0) is 23.8 Å². The van der Waals surface area contributed by atoms with E-state index in [1.54, 1.807) is 13.1 Å². The number of halogens is 1. The Labute approximate surface area is 168 Å². The van der Waals surface area contributed by atoms with Gasteiger partial charge >= 0.3 is 0 Å². The SMILES string of the molecule is CN=C(NCCNS(=O)(=O)c1cccc([N+](=O)[O-])c1)NCc1cccc(Cl)c1. The molecule has 0 fully saturated rings. The number of non-ortho nitro benzene ring substituents is 1. The van der Waals surface area contributed by atoms with Crippen LogP contribution in [-0.2, 0) is 16.6 Å². The highest BCUT2D eigenvalue weighted by molar-refractivity contribution is 7.89. The van der Waals surface area contributed by atoms with Crippen LogP contribution in [0.25, 0.3) is 0 Å². The summed E-state index contributed by atoms with van der Waals surface area (Å²) in [7, 11) is -2.25. The van der Waals surface area contributed by atoms with Crippen LogP contribution in [0.15, 0.2) is 58.4 Å². The molecule has 0 aromatic heterocycles. The summed E-state index contributed by atoms with van der Waals surface area (Å²) in [6.45, 7) is 0.839. The molecule has 11 heteroatoms. The van der Waals surface area contributed by atoms with Gasteiger partial charge in [-0.15, -0.1) is 0 Å². The molecule has 0 radical (unpaired) electrons. The summed E-state index contributed by atoms with van der Waals surface area (Å²) < 4.78 is 26.9. The normalized spacial score (nSPS) is 11.9. The molecule has 0 aliphatic heterocycles. The third-order valence-corrected chi connectivity index (χ3v) is 5.31. The number of nitro benzene ring substituents is 1. The van der Waals surface area contributed by atoms with E-state index in [4.69, 9.17) is 11.6 Å². The molecular formula is C17H20ClN5O4S. The van der Waals surface area contributed by atoms with Gasteiger partial charge in [-0.3, -0.25) is 15.1 Å². The monoisotopic (exact) mass is 425 g/mol. The fourth-order valence-electron chi connectivity index (χ4n) is 2.27. The minimum absolute atomic E-state index is 0.0723. The van der Waals surface area contributed by atoms with E-state index in [2.05, 4.69) is 20.3 Å². The third-order valence-electron chi connectivity index (χ3n) is 3.62. The fraction of sp³-hybridized carbons (Fsp3) is 0.235. The number of hydrogen-bond donors (Lipinski definition) is 3. The zero-order valence-corrected chi connectivity index (χ0v) is 16.6. The standard InChI is InChI=1S/C17H20ClN5O4S/c1-19-17(21-12-13-4-2-5-14(18)10-13)20-8-9-22-28(26,27)16-7-3-6-15(11-16)23(24)25/h2-7,10-11,22H,8-9,12H2,1H3,(H2,19,20,21). The molecule has 28 heavy (non-hydrogen) atoms. The molecule has 9 nitrogen and oxygen atoms in total. The molecule has 0 bridgehead atoms. The van der Waals surface area contributed by atoms with Crippen LogP contribution in [0.1, 0.15) is 5.56 Å². The van der Waals surface area contributed by atoms with Crippen molar-refractivity contribution >= 4 is 33.3 Å². The first-order chi connectivity index (χ1) is 13.3. The van der Waals surface area contributed by atoms with Crippen LogP contribution in [0.3, 0.4) is 0 Å². The van der Waals surface area contributed by atoms with Crippen molar-refractivity contribution in [1.29, 1.82) is 0 Å². The number of hydrogen-bond acceptors (Lipinski definition) is 5. The summed E-state index contributed by atoms with van der Waals surface area (Å²) in [5.74, 6) is 0.495. The fourth-order valence-corrected chi connectivity index (χ4v) is 3.55. The van der Waals surface area contributed by atoms with Crippen molar-refractivity contribution < 1.29 is 13.3 Å². The lowest BCUT2D eigenvalue weighted by Gasteiger charge is -2.12. The number of aliphatic imine (C=N–C) groups is 1. The molecule has 0 unspecified atom stereocenters. The molecular weight excluding hydrogens is 406 g/mol. The van der Waals surface area contributed by atoms with Gasteiger partial charge in [0.1, 0.15) is 0 Å². The number of guanidine groups is 1. The Morgan fingerprint density at radius 2 is 1.89 bits per heavy atom. The molecule has 0 spiro atoms. The molecule has 0 atom stereocenters. The number of nitro groups is 1. The van der Waals surface area contributed by atoms with E-state index in [0.29, 0.717) is 17.5 Å². The Kier molecular flexibility index (Phi) is 7.73. The Bertz CT molecular complexity index is 966. The van der Waals surface area contributed by atoms with E-state index in [1.807, 2.05) is 18.2 Å². The minimum Gasteiger partial charge on any atom is -0.355 e. The summed E-state index contributed by atoms with van der Waals surface area (Å²) in [4.78, 5) is 14.0. The highest BCUT2D eigenvalue weighted by atomic mass is 35.5. The lowest BCUT2D eigenvalue weighted by atomic mass is 10.2. The summed E-state index contributed by atoms with van der Waals surface area (Å²) in [6.07, 6.45) is 0. The second kappa shape index (κ2) is 10.0. The van der Waals surface area contributed by atoms with Crippen LogP contribution < -0.4 is 15.4 Å². The second-order valence-electron chi connectivity index (χ2n) is 5.63. The Balaban J connectivity index is 1.83. The van der Waals surface area contributed by atoms with E-state index in [-0.39, 0.29) is 23.7 Å².